The van der Waals surface area contributed by atoms with E-state index in [1.807, 2.05) is 0 Å². The second kappa shape index (κ2) is 5.75. The molecular weight excluding hydrogens is 341 g/mol. The number of piperidine rings is 2. The standard InChI is InChI=1S/C16H23F3N2O4/c1-15(2,3)25-14(24)21-9-4-8-5-10(21)13(23)12(9)20(7-8)11(22)6-16(17,18)19/h8-10,12-13,23H,4-7H2,1-3H3/t8?,9?,10?,12-,13?/m0/s1. The molecule has 3 aliphatic rings. The van der Waals surface area contributed by atoms with Gasteiger partial charge in [-0.1, -0.05) is 0 Å². The van der Waals surface area contributed by atoms with E-state index in [9.17, 15) is 27.9 Å². The fourth-order valence-electron chi connectivity index (χ4n) is 4.38. The van der Waals surface area contributed by atoms with Crippen LogP contribution in [0.15, 0.2) is 0 Å². The lowest BCUT2D eigenvalue weighted by atomic mass is 9.86. The summed E-state index contributed by atoms with van der Waals surface area (Å²) in [5.74, 6) is -1.06. The number of aliphatic hydroxyl groups excluding tert-OH is 1. The Balaban J connectivity index is 1.83. The minimum atomic E-state index is -4.60. The monoisotopic (exact) mass is 364 g/mol. The van der Waals surface area contributed by atoms with Gasteiger partial charge in [0.1, 0.15) is 12.0 Å². The first-order valence-corrected chi connectivity index (χ1v) is 8.43. The Bertz CT molecular complexity index is 575. The number of aliphatic hydroxyl groups is 1. The fourth-order valence-corrected chi connectivity index (χ4v) is 4.38. The molecule has 6 nitrogen and oxygen atoms in total. The van der Waals surface area contributed by atoms with Gasteiger partial charge in [0.2, 0.25) is 5.91 Å². The lowest BCUT2D eigenvalue weighted by Gasteiger charge is -2.46. The predicted octanol–water partition coefficient (Wildman–Crippen LogP) is 1.91. The number of likely N-dealkylation sites (tertiary alicyclic amines) is 1. The minimum Gasteiger partial charge on any atom is -0.444 e. The molecule has 0 radical (unpaired) electrons. The van der Waals surface area contributed by atoms with Gasteiger partial charge < -0.3 is 14.7 Å². The van der Waals surface area contributed by atoms with E-state index in [1.165, 1.54) is 4.90 Å². The number of carbonyl (C=O) groups excluding carboxylic acids is 2. The van der Waals surface area contributed by atoms with Crippen LogP contribution >= 0.6 is 0 Å². The second-order valence-electron chi connectivity index (χ2n) is 8.18. The number of halogens is 3. The molecule has 3 rings (SSSR count). The van der Waals surface area contributed by atoms with E-state index in [4.69, 9.17) is 4.74 Å². The third kappa shape index (κ3) is 3.43. The Kier molecular flexibility index (Phi) is 4.21. The summed E-state index contributed by atoms with van der Waals surface area (Å²) in [4.78, 5) is 27.2. The van der Waals surface area contributed by atoms with E-state index < -0.39 is 54.4 Å². The van der Waals surface area contributed by atoms with E-state index in [1.54, 1.807) is 20.8 Å². The molecule has 0 saturated carbocycles. The van der Waals surface area contributed by atoms with Crippen molar-refractivity contribution in [2.24, 2.45) is 5.92 Å². The van der Waals surface area contributed by atoms with Crippen molar-refractivity contribution in [3.8, 4) is 0 Å². The van der Waals surface area contributed by atoms with Gasteiger partial charge in [0.25, 0.3) is 0 Å². The quantitative estimate of drug-likeness (QED) is 0.772. The molecule has 4 unspecified atom stereocenters. The molecule has 3 heterocycles. The van der Waals surface area contributed by atoms with E-state index in [-0.39, 0.29) is 12.5 Å². The molecule has 3 fully saturated rings. The van der Waals surface area contributed by atoms with Crippen LogP contribution in [-0.4, -0.2) is 69.5 Å². The summed E-state index contributed by atoms with van der Waals surface area (Å²) < 4.78 is 43.2. The molecule has 25 heavy (non-hydrogen) atoms. The van der Waals surface area contributed by atoms with Crippen LogP contribution in [0.2, 0.25) is 0 Å². The highest BCUT2D eigenvalue weighted by Crippen LogP contribution is 2.46. The summed E-state index contributed by atoms with van der Waals surface area (Å²) in [6.45, 7) is 5.36. The van der Waals surface area contributed by atoms with Crippen molar-refractivity contribution < 1.29 is 32.6 Å². The molecule has 0 aromatic rings. The van der Waals surface area contributed by atoms with E-state index >= 15 is 0 Å². The lowest BCUT2D eigenvalue weighted by molar-refractivity contribution is -0.166. The number of hydrogen-bond donors (Lipinski definition) is 1. The van der Waals surface area contributed by atoms with Crippen LogP contribution in [0.3, 0.4) is 0 Å². The van der Waals surface area contributed by atoms with Gasteiger partial charge in [-0.25, -0.2) is 4.79 Å². The molecule has 1 N–H and O–H groups in total. The Labute approximate surface area is 143 Å². The topological polar surface area (TPSA) is 70.1 Å². The Morgan fingerprint density at radius 1 is 1.16 bits per heavy atom. The van der Waals surface area contributed by atoms with Crippen molar-refractivity contribution in [1.29, 1.82) is 0 Å². The van der Waals surface area contributed by atoms with Crippen LogP contribution in [0.1, 0.15) is 40.0 Å². The molecular formula is C16H23F3N2O4. The van der Waals surface area contributed by atoms with Crippen molar-refractivity contribution in [3.63, 3.8) is 0 Å². The van der Waals surface area contributed by atoms with Crippen LogP contribution in [-0.2, 0) is 9.53 Å². The summed E-state index contributed by atoms with van der Waals surface area (Å²) in [7, 11) is 0. The van der Waals surface area contributed by atoms with E-state index in [0.29, 0.717) is 12.8 Å². The third-order valence-corrected chi connectivity index (χ3v) is 5.09. The highest BCUT2D eigenvalue weighted by atomic mass is 19.4. The molecule has 0 aromatic carbocycles. The molecule has 3 saturated heterocycles. The number of amides is 2. The molecule has 3 aliphatic heterocycles. The van der Waals surface area contributed by atoms with Crippen molar-refractivity contribution >= 4 is 12.0 Å². The third-order valence-electron chi connectivity index (χ3n) is 5.09. The zero-order chi connectivity index (χ0) is 18.7. The molecule has 0 aliphatic carbocycles. The number of nitrogens with zero attached hydrogens (tertiary/aromatic N) is 2. The molecule has 0 spiro atoms. The number of alkyl halides is 3. The minimum absolute atomic E-state index is 0.0146. The summed E-state index contributed by atoms with van der Waals surface area (Å²) in [6.07, 6.45) is -6.76. The molecule has 5 atom stereocenters. The van der Waals surface area contributed by atoms with Crippen molar-refractivity contribution in [3.05, 3.63) is 0 Å². The predicted molar refractivity (Wildman–Crippen MR) is 80.6 cm³/mol. The van der Waals surface area contributed by atoms with E-state index in [0.717, 1.165) is 4.90 Å². The SMILES string of the molecule is CC(C)(C)OC(=O)N1C2CC3CC1[C@@H](C2O)N(C(=O)CC(F)(F)F)C3. The van der Waals surface area contributed by atoms with E-state index in [2.05, 4.69) is 0 Å². The van der Waals surface area contributed by atoms with Crippen LogP contribution < -0.4 is 0 Å². The van der Waals surface area contributed by atoms with Crippen LogP contribution in [0.25, 0.3) is 0 Å². The number of rotatable bonds is 1. The number of fused-ring (bicyclic) bond motifs is 2. The van der Waals surface area contributed by atoms with Crippen LogP contribution in [0, 0.1) is 5.92 Å². The maximum Gasteiger partial charge on any atom is 0.410 e. The average molecular weight is 364 g/mol. The first-order valence-electron chi connectivity index (χ1n) is 8.43. The maximum absolute atomic E-state index is 12.6. The normalized spacial score (nSPS) is 34.4. The first-order chi connectivity index (χ1) is 11.4. The van der Waals surface area contributed by atoms with Crippen molar-refractivity contribution in [2.45, 2.75) is 76.0 Å². The Morgan fingerprint density at radius 2 is 1.76 bits per heavy atom. The van der Waals surface area contributed by atoms with Crippen LogP contribution in [0.4, 0.5) is 18.0 Å². The fraction of sp³-hybridized carbons (Fsp3) is 0.875. The van der Waals surface area contributed by atoms with Gasteiger partial charge in [0, 0.05) is 6.54 Å². The molecule has 0 aromatic heterocycles. The molecule has 142 valence electrons. The smallest absolute Gasteiger partial charge is 0.410 e. The van der Waals surface area contributed by atoms with Gasteiger partial charge in [-0.05, 0) is 39.5 Å². The average Bonchev–Trinajstić information content (AvgIpc) is 2.52. The van der Waals surface area contributed by atoms with Gasteiger partial charge in [-0.15, -0.1) is 0 Å². The number of hydrogen-bond acceptors (Lipinski definition) is 4. The summed E-state index contributed by atoms with van der Waals surface area (Å²) in [6, 6.07) is -1.82. The molecule has 9 heteroatoms. The van der Waals surface area contributed by atoms with Gasteiger partial charge in [0.15, 0.2) is 0 Å². The van der Waals surface area contributed by atoms with Gasteiger partial charge in [0.05, 0.1) is 24.2 Å². The second-order valence-corrected chi connectivity index (χ2v) is 8.18. The summed E-state index contributed by atoms with van der Waals surface area (Å²) in [5, 5.41) is 10.6. The van der Waals surface area contributed by atoms with Crippen molar-refractivity contribution in [2.75, 3.05) is 6.54 Å². The highest BCUT2D eigenvalue weighted by Gasteiger charge is 2.61. The van der Waals surface area contributed by atoms with Crippen LogP contribution in [0.5, 0.6) is 0 Å². The van der Waals surface area contributed by atoms with Crippen molar-refractivity contribution in [1.82, 2.24) is 9.80 Å². The summed E-state index contributed by atoms with van der Waals surface area (Å²) in [5.41, 5.74) is -0.719. The molecule has 2 amide bonds. The molecule has 3 bridgehead atoms. The Hall–Kier alpha value is -1.51. The summed E-state index contributed by atoms with van der Waals surface area (Å²) >= 11 is 0. The van der Waals surface area contributed by atoms with Gasteiger partial charge in [-0.3, -0.25) is 9.69 Å². The first kappa shape index (κ1) is 18.3. The van der Waals surface area contributed by atoms with Gasteiger partial charge >= 0.3 is 12.3 Å². The number of ether oxygens (including phenoxy) is 1. The largest absolute Gasteiger partial charge is 0.444 e. The number of carbonyl (C=O) groups is 2. The highest BCUT2D eigenvalue weighted by molar-refractivity contribution is 5.78. The van der Waals surface area contributed by atoms with Gasteiger partial charge in [-0.2, -0.15) is 13.2 Å². The zero-order valence-corrected chi connectivity index (χ0v) is 14.4. The lowest BCUT2D eigenvalue weighted by Crippen LogP contribution is -2.59. The Morgan fingerprint density at radius 3 is 2.32 bits per heavy atom. The maximum atomic E-state index is 12.6. The zero-order valence-electron chi connectivity index (χ0n) is 14.4.